The molecule has 0 aliphatic carbocycles. The lowest BCUT2D eigenvalue weighted by atomic mass is 9.84. The second-order valence-electron chi connectivity index (χ2n) is 4.31. The number of nitrogens with zero attached hydrogens (tertiary/aromatic N) is 1. The fourth-order valence-corrected chi connectivity index (χ4v) is 2.26. The van der Waals surface area contributed by atoms with Crippen LogP contribution in [0.25, 0.3) is 0 Å². The molecule has 1 rings (SSSR count). The summed E-state index contributed by atoms with van der Waals surface area (Å²) in [6.45, 7) is 4.12. The van der Waals surface area contributed by atoms with Crippen molar-refractivity contribution in [1.82, 2.24) is 4.90 Å². The van der Waals surface area contributed by atoms with Gasteiger partial charge in [-0.3, -0.25) is 9.69 Å². The van der Waals surface area contributed by atoms with E-state index in [9.17, 15) is 4.79 Å². The summed E-state index contributed by atoms with van der Waals surface area (Å²) in [4.78, 5) is 14.4. The Labute approximate surface area is 97.4 Å². The third-order valence-electron chi connectivity index (χ3n) is 3.46. The monoisotopic (exact) mass is 223 g/mol. The Balaban J connectivity index is 2.83. The fraction of sp³-hybridized carbons (Fsp3) is 0.615. The molecule has 0 amide bonds. The summed E-state index contributed by atoms with van der Waals surface area (Å²) in [7, 11) is 3.93. The molecule has 3 nitrogen and oxygen atoms in total. The number of hydrogen-bond acceptors (Lipinski definition) is 3. The maximum atomic E-state index is 12.3. The quantitative estimate of drug-likeness (QED) is 0.743. The zero-order valence-corrected chi connectivity index (χ0v) is 10.6. The molecule has 0 saturated carbocycles. The Morgan fingerprint density at radius 3 is 2.38 bits per heavy atom. The van der Waals surface area contributed by atoms with Crippen molar-refractivity contribution in [2.45, 2.75) is 38.6 Å². The Morgan fingerprint density at radius 1 is 1.38 bits per heavy atom. The van der Waals surface area contributed by atoms with Gasteiger partial charge in [0.2, 0.25) is 0 Å². The average molecular weight is 223 g/mol. The Bertz CT molecular complexity index is 324. The first-order valence-corrected chi connectivity index (χ1v) is 5.80. The molecular formula is C13H21NO2. The molecule has 0 aliphatic rings. The molecule has 0 spiro atoms. The predicted octanol–water partition coefficient (Wildman–Crippen LogP) is 2.51. The van der Waals surface area contributed by atoms with Gasteiger partial charge in [-0.15, -0.1) is 0 Å². The van der Waals surface area contributed by atoms with Crippen LogP contribution in [-0.4, -0.2) is 30.3 Å². The second kappa shape index (κ2) is 5.30. The van der Waals surface area contributed by atoms with Crippen molar-refractivity contribution < 1.29 is 9.21 Å². The molecule has 0 radical (unpaired) electrons. The van der Waals surface area contributed by atoms with Crippen molar-refractivity contribution in [3.63, 3.8) is 0 Å². The lowest BCUT2D eigenvalue weighted by Crippen LogP contribution is -2.50. The highest BCUT2D eigenvalue weighted by molar-refractivity contribution is 5.89. The van der Waals surface area contributed by atoms with E-state index < -0.39 is 0 Å². The van der Waals surface area contributed by atoms with E-state index in [1.165, 1.54) is 0 Å². The molecule has 90 valence electrons. The Kier molecular flexibility index (Phi) is 4.30. The van der Waals surface area contributed by atoms with Crippen LogP contribution in [0.15, 0.2) is 22.8 Å². The van der Waals surface area contributed by atoms with Crippen molar-refractivity contribution in [3.8, 4) is 0 Å². The highest BCUT2D eigenvalue weighted by Crippen LogP contribution is 2.24. The third kappa shape index (κ3) is 2.35. The van der Waals surface area contributed by atoms with Crippen LogP contribution in [0.1, 0.15) is 32.4 Å². The van der Waals surface area contributed by atoms with Gasteiger partial charge in [0.15, 0.2) is 5.78 Å². The maximum Gasteiger partial charge on any atom is 0.160 e. The fourth-order valence-electron chi connectivity index (χ4n) is 2.26. The summed E-state index contributed by atoms with van der Waals surface area (Å²) in [6.07, 6.45) is 3.65. The predicted molar refractivity (Wildman–Crippen MR) is 64.4 cm³/mol. The van der Waals surface area contributed by atoms with Gasteiger partial charge in [-0.25, -0.2) is 0 Å². The minimum atomic E-state index is -0.354. The molecule has 0 unspecified atom stereocenters. The molecule has 1 heterocycles. The van der Waals surface area contributed by atoms with E-state index in [4.69, 9.17) is 4.42 Å². The van der Waals surface area contributed by atoms with Gasteiger partial charge < -0.3 is 4.42 Å². The van der Waals surface area contributed by atoms with Crippen LogP contribution in [0, 0.1) is 0 Å². The number of hydrogen-bond donors (Lipinski definition) is 0. The molecule has 16 heavy (non-hydrogen) atoms. The van der Waals surface area contributed by atoms with Crippen molar-refractivity contribution in [3.05, 3.63) is 24.2 Å². The SMILES string of the molecule is CCC(CC)(C(=O)Cc1ccco1)N(C)C. The highest BCUT2D eigenvalue weighted by atomic mass is 16.3. The zero-order chi connectivity index (χ0) is 12.2. The van der Waals surface area contributed by atoms with Crippen LogP contribution in [0.2, 0.25) is 0 Å². The van der Waals surface area contributed by atoms with E-state index in [-0.39, 0.29) is 11.3 Å². The molecule has 0 fully saturated rings. The molecular weight excluding hydrogens is 202 g/mol. The minimum absolute atomic E-state index is 0.234. The van der Waals surface area contributed by atoms with Crippen LogP contribution in [0.5, 0.6) is 0 Å². The molecule has 0 bridgehead atoms. The number of ketones is 1. The Hall–Kier alpha value is -1.09. The van der Waals surface area contributed by atoms with Gasteiger partial charge in [0.25, 0.3) is 0 Å². The molecule has 0 aliphatic heterocycles. The first kappa shape index (κ1) is 13.0. The molecule has 3 heteroatoms. The largest absolute Gasteiger partial charge is 0.469 e. The van der Waals surface area contributed by atoms with Crippen molar-refractivity contribution in [2.24, 2.45) is 0 Å². The topological polar surface area (TPSA) is 33.5 Å². The van der Waals surface area contributed by atoms with Crippen LogP contribution in [0.4, 0.5) is 0 Å². The number of likely N-dealkylation sites (N-methyl/N-ethyl adjacent to an activating group) is 1. The van der Waals surface area contributed by atoms with E-state index in [2.05, 4.69) is 13.8 Å². The van der Waals surface area contributed by atoms with E-state index in [1.54, 1.807) is 6.26 Å². The first-order valence-electron chi connectivity index (χ1n) is 5.80. The van der Waals surface area contributed by atoms with Crippen molar-refractivity contribution >= 4 is 5.78 Å². The van der Waals surface area contributed by atoms with Gasteiger partial charge >= 0.3 is 0 Å². The lowest BCUT2D eigenvalue weighted by Gasteiger charge is -2.36. The summed E-state index contributed by atoms with van der Waals surface area (Å²) in [6, 6.07) is 3.67. The number of Topliss-reactive ketones (excluding diaryl/α,β-unsaturated/α-hetero) is 1. The molecule has 1 aromatic heterocycles. The van der Waals surface area contributed by atoms with Gasteiger partial charge in [0.05, 0.1) is 18.2 Å². The van der Waals surface area contributed by atoms with Gasteiger partial charge in [-0.2, -0.15) is 0 Å². The smallest absolute Gasteiger partial charge is 0.160 e. The summed E-state index contributed by atoms with van der Waals surface area (Å²) >= 11 is 0. The summed E-state index contributed by atoms with van der Waals surface area (Å²) in [5.41, 5.74) is -0.354. The van der Waals surface area contributed by atoms with Gasteiger partial charge in [0, 0.05) is 0 Å². The third-order valence-corrected chi connectivity index (χ3v) is 3.46. The van der Waals surface area contributed by atoms with E-state index >= 15 is 0 Å². The zero-order valence-electron chi connectivity index (χ0n) is 10.6. The van der Waals surface area contributed by atoms with Crippen LogP contribution in [0.3, 0.4) is 0 Å². The van der Waals surface area contributed by atoms with Gasteiger partial charge in [-0.1, -0.05) is 13.8 Å². The standard InChI is InChI=1S/C13H21NO2/c1-5-13(6-2,14(3)4)12(15)10-11-8-7-9-16-11/h7-9H,5-6,10H2,1-4H3. The summed E-state index contributed by atoms with van der Waals surface area (Å²) in [5.74, 6) is 0.982. The second-order valence-corrected chi connectivity index (χ2v) is 4.31. The maximum absolute atomic E-state index is 12.3. The number of furan rings is 1. The van der Waals surface area contributed by atoms with Crippen LogP contribution < -0.4 is 0 Å². The molecule has 0 atom stereocenters. The number of carbonyl (C=O) groups is 1. The number of rotatable bonds is 6. The first-order chi connectivity index (χ1) is 7.56. The lowest BCUT2D eigenvalue weighted by molar-refractivity contribution is -0.129. The number of carbonyl (C=O) groups excluding carboxylic acids is 1. The van der Waals surface area contributed by atoms with Gasteiger partial charge in [-0.05, 0) is 39.1 Å². The molecule has 1 aromatic rings. The van der Waals surface area contributed by atoms with Crippen LogP contribution in [-0.2, 0) is 11.2 Å². The van der Waals surface area contributed by atoms with E-state index in [0.29, 0.717) is 6.42 Å². The molecule has 0 saturated heterocycles. The Morgan fingerprint density at radius 2 is 2.00 bits per heavy atom. The van der Waals surface area contributed by atoms with Crippen LogP contribution >= 0.6 is 0 Å². The van der Waals surface area contributed by atoms with E-state index in [0.717, 1.165) is 18.6 Å². The molecule has 0 N–H and O–H groups in total. The highest BCUT2D eigenvalue weighted by Gasteiger charge is 2.36. The summed E-state index contributed by atoms with van der Waals surface area (Å²) in [5, 5.41) is 0. The average Bonchev–Trinajstić information content (AvgIpc) is 2.72. The van der Waals surface area contributed by atoms with E-state index in [1.807, 2.05) is 31.1 Å². The van der Waals surface area contributed by atoms with Gasteiger partial charge in [0.1, 0.15) is 5.76 Å². The van der Waals surface area contributed by atoms with Crippen molar-refractivity contribution in [2.75, 3.05) is 14.1 Å². The molecule has 0 aromatic carbocycles. The summed E-state index contributed by atoms with van der Waals surface area (Å²) < 4.78 is 5.23. The van der Waals surface area contributed by atoms with Crippen molar-refractivity contribution in [1.29, 1.82) is 0 Å². The minimum Gasteiger partial charge on any atom is -0.469 e. The normalized spacial score (nSPS) is 12.1.